The van der Waals surface area contributed by atoms with Gasteiger partial charge in [-0.25, -0.2) is 19.6 Å². The summed E-state index contributed by atoms with van der Waals surface area (Å²) in [4.78, 5) is 26.6. The molecule has 3 saturated heterocycles. The van der Waals surface area contributed by atoms with Crippen molar-refractivity contribution in [3.05, 3.63) is 109 Å². The Morgan fingerprint density at radius 3 is 2.30 bits per heavy atom. The first kappa shape index (κ1) is 34.9. The number of anilines is 1. The number of ether oxygens (including phenoxy) is 1. The van der Waals surface area contributed by atoms with Crippen LogP contribution in [-0.4, -0.2) is 68.6 Å². The third kappa shape index (κ3) is 6.55. The Kier molecular flexibility index (Phi) is 9.73. The quantitative estimate of drug-likeness (QED) is 0.117. The fourth-order valence-electron chi connectivity index (χ4n) is 9.33. The highest BCUT2D eigenvalue weighted by Gasteiger charge is 2.57. The first-order valence-electron chi connectivity index (χ1n) is 19.2. The molecule has 3 aliphatic heterocycles. The molecule has 274 valence electrons. The van der Waals surface area contributed by atoms with Crippen molar-refractivity contribution in [2.24, 2.45) is 5.92 Å². The highest BCUT2D eigenvalue weighted by atomic mass is 31.2. The molecule has 0 bridgehead atoms. The maximum atomic E-state index is 13.0. The van der Waals surface area contributed by atoms with Gasteiger partial charge in [0, 0.05) is 24.1 Å². The Balaban J connectivity index is 0.969. The van der Waals surface area contributed by atoms with Gasteiger partial charge in [0.25, 0.3) is 14.4 Å². The van der Waals surface area contributed by atoms with Crippen LogP contribution in [0.5, 0.6) is 0 Å². The van der Waals surface area contributed by atoms with Crippen LogP contribution in [0.1, 0.15) is 68.5 Å². The van der Waals surface area contributed by atoms with E-state index in [0.717, 1.165) is 12.5 Å². The fourth-order valence-corrected chi connectivity index (χ4v) is 15.5. The number of hydrogen-bond acceptors (Lipinski definition) is 8. The van der Waals surface area contributed by atoms with Crippen molar-refractivity contribution in [1.82, 2.24) is 24.2 Å². The van der Waals surface area contributed by atoms with E-state index in [4.69, 9.17) is 13.8 Å². The third-order valence-electron chi connectivity index (χ3n) is 12.1. The summed E-state index contributed by atoms with van der Waals surface area (Å²) in [7, 11) is -3.42. The minimum absolute atomic E-state index is 0.0989. The van der Waals surface area contributed by atoms with Crippen molar-refractivity contribution in [1.29, 1.82) is 0 Å². The van der Waals surface area contributed by atoms with Gasteiger partial charge in [-0.1, -0.05) is 116 Å². The molecule has 1 saturated carbocycles. The summed E-state index contributed by atoms with van der Waals surface area (Å²) in [6.07, 6.45) is 10.5. The van der Waals surface area contributed by atoms with E-state index in [1.165, 1.54) is 48.8 Å². The van der Waals surface area contributed by atoms with Crippen LogP contribution in [-0.2, 0) is 13.8 Å². The lowest BCUT2D eigenvalue weighted by Gasteiger charge is -2.34. The number of benzene rings is 3. The number of carbonyl (C=O) groups excluding carboxylic acids is 1. The van der Waals surface area contributed by atoms with Crippen LogP contribution < -0.4 is 15.7 Å². The van der Waals surface area contributed by atoms with Gasteiger partial charge in [0.15, 0.2) is 17.0 Å². The summed E-state index contributed by atoms with van der Waals surface area (Å²) in [6, 6.07) is 33.3. The summed E-state index contributed by atoms with van der Waals surface area (Å²) in [5.41, 5.74) is 1.69. The highest BCUT2D eigenvalue weighted by Crippen LogP contribution is 2.63. The second-order valence-corrected chi connectivity index (χ2v) is 20.8. The third-order valence-corrected chi connectivity index (χ3v) is 18.4. The lowest BCUT2D eigenvalue weighted by atomic mass is 9.85. The SMILES string of the molecule is CC[C@H]1O[C@@H](n2cnc3c(NC(=O)c4ccccc4)ncnc32)CC1OP1O[C@H](C[Si](C)(c2ccccc2)c2ccccc2)[C@@H]2C[C@@H]3CCCC[C@@H]3N21. The molecule has 53 heavy (non-hydrogen) atoms. The average Bonchev–Trinajstić information content (AvgIpc) is 3.99. The van der Waals surface area contributed by atoms with Gasteiger partial charge in [0.1, 0.15) is 20.6 Å². The Labute approximate surface area is 313 Å². The molecule has 0 radical (unpaired) electrons. The Morgan fingerprint density at radius 2 is 1.58 bits per heavy atom. The van der Waals surface area contributed by atoms with E-state index < -0.39 is 16.6 Å². The van der Waals surface area contributed by atoms with Crippen molar-refractivity contribution in [3.8, 4) is 0 Å². The van der Waals surface area contributed by atoms with Gasteiger partial charge in [0.2, 0.25) is 0 Å². The molecular weight excluding hydrogens is 700 g/mol. The Bertz CT molecular complexity index is 2000. The molecule has 9 rings (SSSR count). The number of aromatic nitrogens is 4. The van der Waals surface area contributed by atoms with Crippen molar-refractivity contribution >= 4 is 49.9 Å². The van der Waals surface area contributed by atoms with E-state index in [0.29, 0.717) is 47.0 Å². The standard InChI is InChI=1S/C41H47N6O4PSi/c1-3-34-35(24-37(49-34)46-27-44-38-39(42-26-43-40(38)46)45-41(48)28-15-7-4-8-16-28)50-52-47-32-22-14-13-17-29(32)23-33(47)36(51-52)25-53(2,30-18-9-5-10-19-30)31-20-11-6-12-21-31/h4-12,15-16,18-21,26-27,29,32-37H,3,13-14,17,22-25H2,1-2H3,(H,42,43,45,48)/t29-,32-,33-,34+,35?,36+,37+,52?/m0/s1. The predicted octanol–water partition coefficient (Wildman–Crippen LogP) is 7.31. The van der Waals surface area contributed by atoms with Crippen LogP contribution in [0, 0.1) is 5.92 Å². The van der Waals surface area contributed by atoms with Gasteiger partial charge in [-0.2, -0.15) is 0 Å². The van der Waals surface area contributed by atoms with Crippen molar-refractivity contribution < 1.29 is 18.6 Å². The zero-order chi connectivity index (χ0) is 35.9. The summed E-state index contributed by atoms with van der Waals surface area (Å²) in [5, 5.41) is 5.82. The molecule has 5 aromatic rings. The minimum Gasteiger partial charge on any atom is -0.352 e. The van der Waals surface area contributed by atoms with E-state index in [-0.39, 0.29) is 30.4 Å². The van der Waals surface area contributed by atoms with E-state index in [1.807, 2.05) is 22.8 Å². The van der Waals surface area contributed by atoms with Gasteiger partial charge in [-0.3, -0.25) is 9.36 Å². The second kappa shape index (κ2) is 14.8. The Hall–Kier alpha value is -3.83. The van der Waals surface area contributed by atoms with Crippen LogP contribution in [0.25, 0.3) is 11.2 Å². The normalized spacial score (nSPS) is 28.6. The fraction of sp³-hybridized carbons (Fsp3) is 0.415. The summed E-state index contributed by atoms with van der Waals surface area (Å²) >= 11 is 0. The van der Waals surface area contributed by atoms with E-state index in [2.05, 4.69) is 99.1 Å². The molecule has 5 heterocycles. The average molecular weight is 747 g/mol. The van der Waals surface area contributed by atoms with Crippen molar-refractivity contribution in [2.45, 2.75) is 101 Å². The molecule has 2 aromatic heterocycles. The number of fused-ring (bicyclic) bond motifs is 4. The zero-order valence-corrected chi connectivity index (χ0v) is 32.2. The van der Waals surface area contributed by atoms with Crippen LogP contribution in [0.3, 0.4) is 0 Å². The largest absolute Gasteiger partial charge is 0.352 e. The molecule has 8 atom stereocenters. The number of hydrogen-bond donors (Lipinski definition) is 1. The molecule has 1 aliphatic carbocycles. The number of amides is 1. The Morgan fingerprint density at radius 1 is 0.887 bits per heavy atom. The minimum atomic E-state index is -2.15. The van der Waals surface area contributed by atoms with Gasteiger partial charge in [-0.05, 0) is 49.8 Å². The molecule has 2 unspecified atom stereocenters. The maximum Gasteiger partial charge on any atom is 0.260 e. The number of nitrogens with one attached hydrogen (secondary N) is 1. The summed E-state index contributed by atoms with van der Waals surface area (Å²) < 4.78 is 25.8. The molecule has 4 fully saturated rings. The topological polar surface area (TPSA) is 104 Å². The van der Waals surface area contributed by atoms with E-state index in [9.17, 15) is 4.79 Å². The summed E-state index contributed by atoms with van der Waals surface area (Å²) in [5.74, 6) is 0.834. The van der Waals surface area contributed by atoms with Crippen LogP contribution in [0.2, 0.25) is 12.6 Å². The van der Waals surface area contributed by atoms with E-state index >= 15 is 0 Å². The molecule has 0 spiro atoms. The van der Waals surface area contributed by atoms with Gasteiger partial charge in [0.05, 0.1) is 24.6 Å². The second-order valence-electron chi connectivity index (χ2n) is 15.2. The zero-order valence-electron chi connectivity index (χ0n) is 30.3. The summed E-state index contributed by atoms with van der Waals surface area (Å²) in [6.45, 7) is 4.68. The van der Waals surface area contributed by atoms with Gasteiger partial charge < -0.3 is 19.1 Å². The lowest BCUT2D eigenvalue weighted by Crippen LogP contribution is -2.58. The molecular formula is C41H47N6O4PSi. The van der Waals surface area contributed by atoms with Crippen molar-refractivity contribution in [3.63, 3.8) is 0 Å². The molecule has 1 amide bonds. The number of rotatable bonds is 10. The van der Waals surface area contributed by atoms with Crippen molar-refractivity contribution in [2.75, 3.05) is 5.32 Å². The molecule has 4 aliphatic rings. The smallest absolute Gasteiger partial charge is 0.260 e. The number of imidazole rings is 1. The molecule has 1 N–H and O–H groups in total. The van der Waals surface area contributed by atoms with Crippen LogP contribution >= 0.6 is 8.53 Å². The monoisotopic (exact) mass is 746 g/mol. The van der Waals surface area contributed by atoms with Gasteiger partial charge in [-0.15, -0.1) is 0 Å². The highest BCUT2D eigenvalue weighted by molar-refractivity contribution is 7.45. The first-order valence-corrected chi connectivity index (χ1v) is 23.1. The van der Waals surface area contributed by atoms with Gasteiger partial charge >= 0.3 is 0 Å². The molecule has 10 nitrogen and oxygen atoms in total. The first-order chi connectivity index (χ1) is 26.0. The van der Waals surface area contributed by atoms with E-state index in [1.54, 1.807) is 18.5 Å². The van der Waals surface area contributed by atoms with Crippen LogP contribution in [0.4, 0.5) is 5.82 Å². The maximum absolute atomic E-state index is 13.0. The van der Waals surface area contributed by atoms with Crippen LogP contribution in [0.15, 0.2) is 104 Å². The molecule has 12 heteroatoms. The lowest BCUT2D eigenvalue weighted by molar-refractivity contribution is -0.0155. The number of carbonyl (C=O) groups is 1. The molecule has 3 aromatic carbocycles. The number of nitrogens with zero attached hydrogens (tertiary/aromatic N) is 5. The predicted molar refractivity (Wildman–Crippen MR) is 210 cm³/mol.